The molecule has 2 rings (SSSR count). The lowest BCUT2D eigenvalue weighted by molar-refractivity contribution is -0.114. The van der Waals surface area contributed by atoms with Gasteiger partial charge in [0, 0.05) is 29.7 Å². The number of hydrogen-bond acceptors (Lipinski definition) is 5. The molecule has 1 aromatic heterocycles. The van der Waals surface area contributed by atoms with Gasteiger partial charge in [0.2, 0.25) is 11.8 Å². The number of hydrogen-bond donors (Lipinski definition) is 2. The zero-order chi connectivity index (χ0) is 17.7. The Bertz CT molecular complexity index is 757. The van der Waals surface area contributed by atoms with Crippen LogP contribution in [0, 0.1) is 20.8 Å². The zero-order valence-electron chi connectivity index (χ0n) is 14.1. The second-order valence-electron chi connectivity index (χ2n) is 5.48. The second-order valence-corrected chi connectivity index (χ2v) is 6.42. The number of nitrogens with zero attached hydrogens (tertiary/aromatic N) is 2. The molecule has 0 bridgehead atoms. The van der Waals surface area contributed by atoms with Gasteiger partial charge in [-0.25, -0.2) is 9.97 Å². The van der Waals surface area contributed by atoms with Crippen LogP contribution in [0.3, 0.4) is 0 Å². The van der Waals surface area contributed by atoms with E-state index >= 15 is 0 Å². The smallest absolute Gasteiger partial charge is 0.234 e. The average Bonchev–Trinajstić information content (AvgIpc) is 2.47. The Morgan fingerprint density at radius 1 is 1.04 bits per heavy atom. The van der Waals surface area contributed by atoms with E-state index in [0.717, 1.165) is 22.6 Å². The second kappa shape index (κ2) is 7.92. The van der Waals surface area contributed by atoms with Crippen molar-refractivity contribution in [2.75, 3.05) is 16.4 Å². The molecule has 0 saturated carbocycles. The minimum atomic E-state index is -0.130. The first kappa shape index (κ1) is 17.9. The molecule has 2 amide bonds. The Kier molecular flexibility index (Phi) is 5.92. The predicted octanol–water partition coefficient (Wildman–Crippen LogP) is 3.09. The highest BCUT2D eigenvalue weighted by Gasteiger charge is 2.08. The molecule has 0 radical (unpaired) electrons. The summed E-state index contributed by atoms with van der Waals surface area (Å²) in [6.07, 6.45) is 0. The first-order valence-corrected chi connectivity index (χ1v) is 8.45. The lowest BCUT2D eigenvalue weighted by Gasteiger charge is -2.10. The van der Waals surface area contributed by atoms with E-state index < -0.39 is 0 Å². The van der Waals surface area contributed by atoms with Gasteiger partial charge in [-0.05, 0) is 50.6 Å². The van der Waals surface area contributed by atoms with Crippen LogP contribution in [0.5, 0.6) is 0 Å². The standard InChI is InChI=1S/C17H20N4O2S/c1-10-7-14(5-6-15(10)20-13(4)22)21-16(23)9-24-17-18-11(2)8-12(3)19-17/h5-8H,9H2,1-4H3,(H,20,22)(H,21,23). The number of aryl methyl sites for hydroxylation is 3. The summed E-state index contributed by atoms with van der Waals surface area (Å²) in [4.78, 5) is 31.8. The fourth-order valence-corrected chi connectivity index (χ4v) is 2.91. The van der Waals surface area contributed by atoms with Gasteiger partial charge in [-0.3, -0.25) is 9.59 Å². The van der Waals surface area contributed by atoms with Crippen molar-refractivity contribution in [1.29, 1.82) is 0 Å². The van der Waals surface area contributed by atoms with E-state index in [0.29, 0.717) is 10.8 Å². The van der Waals surface area contributed by atoms with Crippen LogP contribution in [0.15, 0.2) is 29.4 Å². The van der Waals surface area contributed by atoms with E-state index in [1.54, 1.807) is 12.1 Å². The van der Waals surface area contributed by atoms with Gasteiger partial charge in [0.1, 0.15) is 0 Å². The summed E-state index contributed by atoms with van der Waals surface area (Å²) in [6, 6.07) is 7.24. The third kappa shape index (κ3) is 5.34. The van der Waals surface area contributed by atoms with Gasteiger partial charge in [0.25, 0.3) is 0 Å². The highest BCUT2D eigenvalue weighted by atomic mass is 32.2. The molecule has 0 atom stereocenters. The van der Waals surface area contributed by atoms with Crippen molar-refractivity contribution in [2.24, 2.45) is 0 Å². The van der Waals surface area contributed by atoms with Crippen molar-refractivity contribution in [2.45, 2.75) is 32.9 Å². The molecule has 2 aromatic rings. The van der Waals surface area contributed by atoms with E-state index in [1.165, 1.54) is 18.7 Å². The quantitative estimate of drug-likeness (QED) is 0.643. The van der Waals surface area contributed by atoms with Crippen LogP contribution in [-0.4, -0.2) is 27.5 Å². The first-order valence-electron chi connectivity index (χ1n) is 7.46. The van der Waals surface area contributed by atoms with E-state index in [9.17, 15) is 9.59 Å². The number of anilines is 2. The third-order valence-electron chi connectivity index (χ3n) is 3.11. The summed E-state index contributed by atoms with van der Waals surface area (Å²) in [5, 5.41) is 6.17. The Balaban J connectivity index is 1.94. The van der Waals surface area contributed by atoms with Crippen LogP contribution in [0.4, 0.5) is 11.4 Å². The fourth-order valence-electron chi connectivity index (χ4n) is 2.16. The number of rotatable bonds is 5. The van der Waals surface area contributed by atoms with Gasteiger partial charge in [0.15, 0.2) is 5.16 Å². The summed E-state index contributed by atoms with van der Waals surface area (Å²) in [5.41, 5.74) is 4.07. The van der Waals surface area contributed by atoms with Gasteiger partial charge in [0.05, 0.1) is 5.75 Å². The predicted molar refractivity (Wildman–Crippen MR) is 96.3 cm³/mol. The van der Waals surface area contributed by atoms with Crippen LogP contribution >= 0.6 is 11.8 Å². The molecule has 0 saturated heterocycles. The highest BCUT2D eigenvalue weighted by Crippen LogP contribution is 2.20. The molecule has 0 fully saturated rings. The number of nitrogens with one attached hydrogen (secondary N) is 2. The summed E-state index contributed by atoms with van der Waals surface area (Å²) < 4.78 is 0. The number of carbonyl (C=O) groups excluding carboxylic acids is 2. The van der Waals surface area contributed by atoms with Crippen LogP contribution in [0.2, 0.25) is 0 Å². The van der Waals surface area contributed by atoms with Crippen LogP contribution in [-0.2, 0) is 9.59 Å². The van der Waals surface area contributed by atoms with Crippen LogP contribution in [0.25, 0.3) is 0 Å². The molecule has 0 spiro atoms. The van der Waals surface area contributed by atoms with E-state index in [2.05, 4.69) is 20.6 Å². The number of benzene rings is 1. The number of carbonyl (C=O) groups is 2. The summed E-state index contributed by atoms with van der Waals surface area (Å²) in [5.74, 6) is -0.0239. The summed E-state index contributed by atoms with van der Waals surface area (Å²) >= 11 is 1.30. The molecule has 0 unspecified atom stereocenters. The SMILES string of the molecule is CC(=O)Nc1ccc(NC(=O)CSc2nc(C)cc(C)n2)cc1C. The van der Waals surface area contributed by atoms with E-state index in [-0.39, 0.29) is 17.6 Å². The molecular formula is C17H20N4O2S. The number of aromatic nitrogens is 2. The first-order chi connectivity index (χ1) is 11.3. The van der Waals surface area contributed by atoms with Gasteiger partial charge >= 0.3 is 0 Å². The van der Waals surface area contributed by atoms with Crippen molar-refractivity contribution in [3.63, 3.8) is 0 Å². The van der Waals surface area contributed by atoms with Crippen molar-refractivity contribution in [3.05, 3.63) is 41.2 Å². The lowest BCUT2D eigenvalue weighted by atomic mass is 10.1. The van der Waals surface area contributed by atoms with E-state index in [4.69, 9.17) is 0 Å². The maximum absolute atomic E-state index is 12.1. The molecule has 0 aliphatic rings. The number of thioether (sulfide) groups is 1. The van der Waals surface area contributed by atoms with Gasteiger partial charge in [-0.1, -0.05) is 11.8 Å². The van der Waals surface area contributed by atoms with E-state index in [1.807, 2.05) is 32.9 Å². The lowest BCUT2D eigenvalue weighted by Crippen LogP contribution is -2.15. The topological polar surface area (TPSA) is 84.0 Å². The summed E-state index contributed by atoms with van der Waals surface area (Å²) in [6.45, 7) is 7.14. The Morgan fingerprint density at radius 3 is 2.29 bits per heavy atom. The van der Waals surface area contributed by atoms with Crippen LogP contribution < -0.4 is 10.6 Å². The van der Waals surface area contributed by atoms with Crippen LogP contribution in [0.1, 0.15) is 23.9 Å². The average molecular weight is 344 g/mol. The van der Waals surface area contributed by atoms with Gasteiger partial charge in [-0.2, -0.15) is 0 Å². The molecule has 1 heterocycles. The molecule has 2 N–H and O–H groups in total. The Labute approximate surface area is 145 Å². The monoisotopic (exact) mass is 344 g/mol. The minimum absolute atomic E-state index is 0.125. The highest BCUT2D eigenvalue weighted by molar-refractivity contribution is 7.99. The fraction of sp³-hybridized carbons (Fsp3) is 0.294. The van der Waals surface area contributed by atoms with Crippen molar-refractivity contribution >= 4 is 35.0 Å². The zero-order valence-corrected chi connectivity index (χ0v) is 15.0. The molecule has 24 heavy (non-hydrogen) atoms. The van der Waals surface area contributed by atoms with Crippen molar-refractivity contribution < 1.29 is 9.59 Å². The summed E-state index contributed by atoms with van der Waals surface area (Å²) in [7, 11) is 0. The Morgan fingerprint density at radius 2 is 1.71 bits per heavy atom. The van der Waals surface area contributed by atoms with Crippen molar-refractivity contribution in [1.82, 2.24) is 9.97 Å². The third-order valence-corrected chi connectivity index (χ3v) is 3.96. The minimum Gasteiger partial charge on any atom is -0.326 e. The normalized spacial score (nSPS) is 10.3. The molecule has 6 nitrogen and oxygen atoms in total. The maximum Gasteiger partial charge on any atom is 0.234 e. The maximum atomic E-state index is 12.1. The van der Waals surface area contributed by atoms with Gasteiger partial charge in [-0.15, -0.1) is 0 Å². The van der Waals surface area contributed by atoms with Gasteiger partial charge < -0.3 is 10.6 Å². The molecule has 0 aliphatic carbocycles. The molecule has 0 aliphatic heterocycles. The molecule has 7 heteroatoms. The largest absolute Gasteiger partial charge is 0.326 e. The number of amides is 2. The molecular weight excluding hydrogens is 324 g/mol. The molecule has 126 valence electrons. The molecule has 1 aromatic carbocycles. The van der Waals surface area contributed by atoms with Crippen molar-refractivity contribution in [3.8, 4) is 0 Å². The Hall–Kier alpha value is -2.41.